The molecule has 0 aliphatic carbocycles. The highest BCUT2D eigenvalue weighted by atomic mass is 35.5. The molecule has 7 heteroatoms. The van der Waals surface area contributed by atoms with Gasteiger partial charge in [-0.05, 0) is 24.3 Å². The van der Waals surface area contributed by atoms with E-state index in [1.54, 1.807) is 13.3 Å². The number of aromatic amines is 2. The van der Waals surface area contributed by atoms with Crippen molar-refractivity contribution in [1.82, 2.24) is 9.97 Å². The highest BCUT2D eigenvalue weighted by Crippen LogP contribution is 2.34. The zero-order valence-electron chi connectivity index (χ0n) is 13.6. The number of fused-ring (bicyclic) bond motifs is 1. The SMILES string of the molecule is COc1cc(-c2ccc[nH]2)[nH]c1C=Nc1ccc2c(c1)OCCO2.Cl. The zero-order valence-corrected chi connectivity index (χ0v) is 14.4. The fraction of sp³-hybridized carbons (Fsp3) is 0.167. The van der Waals surface area contributed by atoms with Gasteiger partial charge in [0.15, 0.2) is 11.5 Å². The third-order valence-electron chi connectivity index (χ3n) is 3.79. The lowest BCUT2D eigenvalue weighted by atomic mass is 10.2. The van der Waals surface area contributed by atoms with E-state index in [0.717, 1.165) is 40.0 Å². The summed E-state index contributed by atoms with van der Waals surface area (Å²) in [4.78, 5) is 11.0. The smallest absolute Gasteiger partial charge is 0.163 e. The molecule has 4 rings (SSSR count). The van der Waals surface area contributed by atoms with Gasteiger partial charge in [-0.1, -0.05) is 0 Å². The number of ether oxygens (including phenoxy) is 3. The van der Waals surface area contributed by atoms with E-state index < -0.39 is 0 Å². The average molecular weight is 360 g/mol. The van der Waals surface area contributed by atoms with Crippen molar-refractivity contribution in [3.8, 4) is 28.6 Å². The van der Waals surface area contributed by atoms with Gasteiger partial charge in [-0.3, -0.25) is 4.99 Å². The Morgan fingerprint density at radius 1 is 1.08 bits per heavy atom. The molecular weight excluding hydrogens is 342 g/mol. The van der Waals surface area contributed by atoms with Gasteiger partial charge in [0.05, 0.1) is 36.1 Å². The Morgan fingerprint density at radius 2 is 1.92 bits per heavy atom. The minimum Gasteiger partial charge on any atom is -0.494 e. The molecule has 1 aliphatic heterocycles. The topological polar surface area (TPSA) is 71.6 Å². The van der Waals surface area contributed by atoms with Crippen LogP contribution in [0.2, 0.25) is 0 Å². The average Bonchev–Trinajstić information content (AvgIpc) is 3.29. The third kappa shape index (κ3) is 3.49. The predicted octanol–water partition coefficient (Wildman–Crippen LogP) is 3.96. The molecule has 3 aromatic rings. The van der Waals surface area contributed by atoms with Crippen LogP contribution in [0.3, 0.4) is 0 Å². The molecule has 0 bridgehead atoms. The number of hydrogen-bond acceptors (Lipinski definition) is 4. The Hall–Kier alpha value is -2.86. The Kier molecular flexibility index (Phi) is 5.00. The van der Waals surface area contributed by atoms with Crippen LogP contribution in [0.4, 0.5) is 5.69 Å². The van der Waals surface area contributed by atoms with Crippen LogP contribution in [-0.4, -0.2) is 36.5 Å². The Morgan fingerprint density at radius 3 is 2.68 bits per heavy atom. The van der Waals surface area contributed by atoms with E-state index in [1.807, 2.05) is 42.6 Å². The van der Waals surface area contributed by atoms with E-state index in [2.05, 4.69) is 15.0 Å². The monoisotopic (exact) mass is 359 g/mol. The van der Waals surface area contributed by atoms with E-state index in [4.69, 9.17) is 14.2 Å². The molecule has 0 radical (unpaired) electrons. The van der Waals surface area contributed by atoms with Crippen molar-refractivity contribution in [2.45, 2.75) is 0 Å². The molecule has 130 valence electrons. The normalized spacial score (nSPS) is 12.8. The summed E-state index contributed by atoms with van der Waals surface area (Å²) in [5.74, 6) is 2.22. The van der Waals surface area contributed by atoms with Crippen molar-refractivity contribution in [3.63, 3.8) is 0 Å². The van der Waals surface area contributed by atoms with Gasteiger partial charge in [0.25, 0.3) is 0 Å². The van der Waals surface area contributed by atoms with Crippen molar-refractivity contribution in [2.24, 2.45) is 4.99 Å². The maximum absolute atomic E-state index is 5.58. The van der Waals surface area contributed by atoms with Crippen LogP contribution in [0.25, 0.3) is 11.4 Å². The molecule has 0 unspecified atom stereocenters. The summed E-state index contributed by atoms with van der Waals surface area (Å²) in [5.41, 5.74) is 3.53. The number of benzene rings is 1. The lowest BCUT2D eigenvalue weighted by Crippen LogP contribution is -2.14. The summed E-state index contributed by atoms with van der Waals surface area (Å²) in [6.45, 7) is 1.14. The molecular formula is C18H18ClN3O3. The van der Waals surface area contributed by atoms with Crippen LogP contribution >= 0.6 is 12.4 Å². The van der Waals surface area contributed by atoms with Crippen molar-refractivity contribution in [3.05, 3.63) is 48.3 Å². The Bertz CT molecular complexity index is 872. The number of H-pyrrole nitrogens is 2. The molecule has 0 atom stereocenters. The van der Waals surface area contributed by atoms with Crippen molar-refractivity contribution in [1.29, 1.82) is 0 Å². The molecule has 0 saturated carbocycles. The molecule has 0 fully saturated rings. The second kappa shape index (κ2) is 7.36. The van der Waals surface area contributed by atoms with Gasteiger partial charge in [-0.15, -0.1) is 12.4 Å². The van der Waals surface area contributed by atoms with E-state index in [0.29, 0.717) is 13.2 Å². The first kappa shape index (κ1) is 17.0. The second-order valence-corrected chi connectivity index (χ2v) is 5.34. The Labute approximate surface area is 151 Å². The molecule has 0 saturated heterocycles. The maximum atomic E-state index is 5.58. The summed E-state index contributed by atoms with van der Waals surface area (Å²) in [7, 11) is 1.64. The highest BCUT2D eigenvalue weighted by molar-refractivity contribution is 5.86. The van der Waals surface area contributed by atoms with E-state index in [9.17, 15) is 0 Å². The van der Waals surface area contributed by atoms with Crippen molar-refractivity contribution < 1.29 is 14.2 Å². The first-order valence-electron chi connectivity index (χ1n) is 7.68. The number of nitrogens with one attached hydrogen (secondary N) is 2. The fourth-order valence-electron chi connectivity index (χ4n) is 2.61. The molecule has 2 N–H and O–H groups in total. The Balaban J connectivity index is 0.00000182. The van der Waals surface area contributed by atoms with Gasteiger partial charge < -0.3 is 24.2 Å². The quantitative estimate of drug-likeness (QED) is 0.692. The van der Waals surface area contributed by atoms with Gasteiger partial charge in [0, 0.05) is 18.3 Å². The molecule has 0 amide bonds. The standard InChI is InChI=1S/C18H17N3O3.ClH/c1-22-17-10-14(13-3-2-6-19-13)21-15(17)11-20-12-4-5-16-18(9-12)24-8-7-23-16;/h2-6,9-11,19,21H,7-8H2,1H3;1H. The van der Waals surface area contributed by atoms with Crippen LogP contribution in [0.15, 0.2) is 47.6 Å². The summed E-state index contributed by atoms with van der Waals surface area (Å²) < 4.78 is 16.5. The van der Waals surface area contributed by atoms with Crippen LogP contribution in [0.1, 0.15) is 5.69 Å². The van der Waals surface area contributed by atoms with Gasteiger partial charge >= 0.3 is 0 Å². The summed E-state index contributed by atoms with van der Waals surface area (Å²) in [5, 5.41) is 0. The number of aliphatic imine (C=N–C) groups is 1. The van der Waals surface area contributed by atoms with E-state index in [-0.39, 0.29) is 12.4 Å². The van der Waals surface area contributed by atoms with Crippen LogP contribution < -0.4 is 14.2 Å². The molecule has 6 nitrogen and oxygen atoms in total. The summed E-state index contributed by atoms with van der Waals surface area (Å²) >= 11 is 0. The number of hydrogen-bond donors (Lipinski definition) is 2. The molecule has 0 spiro atoms. The fourth-order valence-corrected chi connectivity index (χ4v) is 2.61. The van der Waals surface area contributed by atoms with Crippen molar-refractivity contribution in [2.75, 3.05) is 20.3 Å². The third-order valence-corrected chi connectivity index (χ3v) is 3.79. The van der Waals surface area contributed by atoms with E-state index in [1.165, 1.54) is 0 Å². The maximum Gasteiger partial charge on any atom is 0.163 e. The van der Waals surface area contributed by atoms with Crippen LogP contribution in [0.5, 0.6) is 17.2 Å². The number of halogens is 1. The second-order valence-electron chi connectivity index (χ2n) is 5.34. The van der Waals surface area contributed by atoms with E-state index >= 15 is 0 Å². The number of rotatable bonds is 4. The summed E-state index contributed by atoms with van der Waals surface area (Å²) in [6.07, 6.45) is 3.63. The molecule has 1 aliphatic rings. The minimum absolute atomic E-state index is 0. The number of nitrogens with zero attached hydrogens (tertiary/aromatic N) is 1. The highest BCUT2D eigenvalue weighted by Gasteiger charge is 2.12. The van der Waals surface area contributed by atoms with Gasteiger partial charge in [-0.2, -0.15) is 0 Å². The molecule has 3 heterocycles. The van der Waals surface area contributed by atoms with Crippen LogP contribution in [-0.2, 0) is 0 Å². The van der Waals surface area contributed by atoms with Gasteiger partial charge in [0.1, 0.15) is 19.0 Å². The first-order valence-corrected chi connectivity index (χ1v) is 7.68. The van der Waals surface area contributed by atoms with Crippen LogP contribution in [0, 0.1) is 0 Å². The first-order chi connectivity index (χ1) is 11.8. The number of methoxy groups -OCH3 is 1. The molecule has 25 heavy (non-hydrogen) atoms. The number of aromatic nitrogens is 2. The zero-order chi connectivity index (χ0) is 16.4. The largest absolute Gasteiger partial charge is 0.494 e. The lowest BCUT2D eigenvalue weighted by molar-refractivity contribution is 0.171. The van der Waals surface area contributed by atoms with Gasteiger partial charge in [-0.25, -0.2) is 0 Å². The predicted molar refractivity (Wildman–Crippen MR) is 99.1 cm³/mol. The summed E-state index contributed by atoms with van der Waals surface area (Å²) in [6, 6.07) is 11.5. The molecule has 1 aromatic carbocycles. The molecule has 2 aromatic heterocycles. The van der Waals surface area contributed by atoms with Gasteiger partial charge in [0.2, 0.25) is 0 Å². The van der Waals surface area contributed by atoms with Crippen molar-refractivity contribution >= 4 is 24.3 Å². The lowest BCUT2D eigenvalue weighted by Gasteiger charge is -2.18. The minimum atomic E-state index is 0.